The van der Waals surface area contributed by atoms with Crippen molar-refractivity contribution in [2.24, 2.45) is 0 Å². The number of amides is 2. The molecule has 2 amide bonds. The van der Waals surface area contributed by atoms with Crippen LogP contribution in [0, 0.1) is 0 Å². The molecule has 4 rings (SSSR count). The van der Waals surface area contributed by atoms with E-state index in [1.54, 1.807) is 6.26 Å². The standard InChI is InChI=1S/C23H22N2O3/c1-16(21-8-5-11-28-21)25(15-17-6-3-2-4-7-17)23(27)13-18-9-10-19-14-22(26)24-20(19)12-18/h2-12,16H,13-15H2,1H3,(H,24,26). The number of hydrogen-bond donors (Lipinski definition) is 1. The zero-order chi connectivity index (χ0) is 19.5. The highest BCUT2D eigenvalue weighted by molar-refractivity contribution is 5.99. The van der Waals surface area contributed by atoms with Crippen LogP contribution in [0.5, 0.6) is 0 Å². The van der Waals surface area contributed by atoms with Gasteiger partial charge in [-0.3, -0.25) is 9.59 Å². The Kier molecular flexibility index (Phi) is 4.98. The molecule has 0 spiro atoms. The van der Waals surface area contributed by atoms with Crippen molar-refractivity contribution in [3.8, 4) is 0 Å². The van der Waals surface area contributed by atoms with E-state index in [1.165, 1.54) is 0 Å². The summed E-state index contributed by atoms with van der Waals surface area (Å²) in [6.07, 6.45) is 2.29. The van der Waals surface area contributed by atoms with Crippen molar-refractivity contribution in [3.05, 3.63) is 89.4 Å². The van der Waals surface area contributed by atoms with Gasteiger partial charge in [0.25, 0.3) is 0 Å². The molecule has 5 heteroatoms. The van der Waals surface area contributed by atoms with Crippen LogP contribution in [0.25, 0.3) is 0 Å². The summed E-state index contributed by atoms with van der Waals surface area (Å²) in [7, 11) is 0. The number of fused-ring (bicyclic) bond motifs is 1. The molecule has 0 aliphatic carbocycles. The van der Waals surface area contributed by atoms with Crippen LogP contribution >= 0.6 is 0 Å². The maximum atomic E-state index is 13.2. The Bertz CT molecular complexity index is 980. The molecule has 0 radical (unpaired) electrons. The number of benzene rings is 2. The smallest absolute Gasteiger partial charge is 0.228 e. The van der Waals surface area contributed by atoms with Gasteiger partial charge < -0.3 is 14.6 Å². The molecule has 0 bridgehead atoms. The number of hydrogen-bond acceptors (Lipinski definition) is 3. The van der Waals surface area contributed by atoms with Crippen molar-refractivity contribution in [1.82, 2.24) is 4.90 Å². The highest BCUT2D eigenvalue weighted by Gasteiger charge is 2.25. The quantitative estimate of drug-likeness (QED) is 0.706. The van der Waals surface area contributed by atoms with E-state index in [-0.39, 0.29) is 24.3 Å². The van der Waals surface area contributed by atoms with Gasteiger partial charge >= 0.3 is 0 Å². The maximum Gasteiger partial charge on any atom is 0.228 e. The van der Waals surface area contributed by atoms with Crippen LogP contribution in [0.1, 0.15) is 35.4 Å². The molecule has 1 aliphatic heterocycles. The summed E-state index contributed by atoms with van der Waals surface area (Å²) in [5, 5.41) is 2.85. The first-order valence-corrected chi connectivity index (χ1v) is 9.38. The molecular weight excluding hydrogens is 352 g/mol. The third kappa shape index (κ3) is 3.83. The molecule has 0 saturated carbocycles. The molecule has 1 atom stereocenters. The minimum Gasteiger partial charge on any atom is -0.467 e. The Hall–Kier alpha value is -3.34. The second-order valence-corrected chi connectivity index (χ2v) is 7.09. The highest BCUT2D eigenvalue weighted by atomic mass is 16.3. The maximum absolute atomic E-state index is 13.2. The SMILES string of the molecule is CC(c1ccco1)N(Cc1ccccc1)C(=O)Cc1ccc2c(c1)NC(=O)C2. The van der Waals surface area contributed by atoms with Crippen molar-refractivity contribution in [2.45, 2.75) is 32.4 Å². The molecule has 0 fully saturated rings. The Morgan fingerprint density at radius 3 is 2.68 bits per heavy atom. The van der Waals surface area contributed by atoms with E-state index in [9.17, 15) is 9.59 Å². The third-order valence-corrected chi connectivity index (χ3v) is 5.09. The number of nitrogens with one attached hydrogen (secondary N) is 1. The predicted octanol–water partition coefficient (Wildman–Crippen LogP) is 4.11. The van der Waals surface area contributed by atoms with Gasteiger partial charge in [-0.1, -0.05) is 42.5 Å². The van der Waals surface area contributed by atoms with Crippen LogP contribution in [0.4, 0.5) is 5.69 Å². The van der Waals surface area contributed by atoms with E-state index < -0.39 is 0 Å². The van der Waals surface area contributed by atoms with Crippen LogP contribution in [-0.4, -0.2) is 16.7 Å². The first kappa shape index (κ1) is 18.0. The largest absolute Gasteiger partial charge is 0.467 e. The fourth-order valence-corrected chi connectivity index (χ4v) is 3.55. The molecule has 2 aromatic carbocycles. The summed E-state index contributed by atoms with van der Waals surface area (Å²) in [6, 6.07) is 19.2. The monoisotopic (exact) mass is 374 g/mol. The van der Waals surface area contributed by atoms with Gasteiger partial charge in [-0.15, -0.1) is 0 Å². The van der Waals surface area contributed by atoms with Crippen LogP contribution in [0.2, 0.25) is 0 Å². The zero-order valence-corrected chi connectivity index (χ0v) is 15.7. The fourth-order valence-electron chi connectivity index (χ4n) is 3.55. The molecule has 1 aliphatic rings. The second kappa shape index (κ2) is 7.72. The Morgan fingerprint density at radius 2 is 1.93 bits per heavy atom. The van der Waals surface area contributed by atoms with Crippen molar-refractivity contribution in [3.63, 3.8) is 0 Å². The molecule has 28 heavy (non-hydrogen) atoms. The normalized spacial score (nSPS) is 13.7. The molecule has 1 aromatic heterocycles. The van der Waals surface area contributed by atoms with Crippen molar-refractivity contribution < 1.29 is 14.0 Å². The van der Waals surface area contributed by atoms with E-state index in [1.807, 2.05) is 72.5 Å². The summed E-state index contributed by atoms with van der Waals surface area (Å²) < 4.78 is 5.55. The highest BCUT2D eigenvalue weighted by Crippen LogP contribution is 2.27. The Morgan fingerprint density at radius 1 is 1.11 bits per heavy atom. The lowest BCUT2D eigenvalue weighted by Crippen LogP contribution is -2.34. The molecule has 142 valence electrons. The van der Waals surface area contributed by atoms with E-state index in [4.69, 9.17) is 4.42 Å². The molecule has 1 unspecified atom stereocenters. The average molecular weight is 374 g/mol. The van der Waals surface area contributed by atoms with Gasteiger partial charge in [-0.25, -0.2) is 0 Å². The summed E-state index contributed by atoms with van der Waals surface area (Å²) >= 11 is 0. The van der Waals surface area contributed by atoms with Gasteiger partial charge in [-0.05, 0) is 41.8 Å². The minimum atomic E-state index is -0.183. The van der Waals surface area contributed by atoms with Gasteiger partial charge in [-0.2, -0.15) is 0 Å². The van der Waals surface area contributed by atoms with E-state index in [0.717, 1.165) is 28.1 Å². The lowest BCUT2D eigenvalue weighted by atomic mass is 10.0. The first-order valence-electron chi connectivity index (χ1n) is 9.38. The van der Waals surface area contributed by atoms with Crippen LogP contribution in [0.15, 0.2) is 71.3 Å². The molecular formula is C23H22N2O3. The van der Waals surface area contributed by atoms with Crippen molar-refractivity contribution in [2.75, 3.05) is 5.32 Å². The van der Waals surface area contributed by atoms with E-state index in [0.29, 0.717) is 13.0 Å². The summed E-state index contributed by atoms with van der Waals surface area (Å²) in [6.45, 7) is 2.48. The number of rotatable bonds is 6. The second-order valence-electron chi connectivity index (χ2n) is 7.09. The Balaban J connectivity index is 1.56. The van der Waals surface area contributed by atoms with Crippen LogP contribution in [-0.2, 0) is 29.0 Å². The van der Waals surface area contributed by atoms with Gasteiger partial charge in [0.15, 0.2) is 0 Å². The van der Waals surface area contributed by atoms with Gasteiger partial charge in [0.2, 0.25) is 11.8 Å². The first-order chi connectivity index (χ1) is 13.6. The minimum absolute atomic E-state index is 0.00405. The molecule has 3 aromatic rings. The number of carbonyl (C=O) groups excluding carboxylic acids is 2. The molecule has 2 heterocycles. The number of carbonyl (C=O) groups is 2. The summed E-state index contributed by atoms with van der Waals surface area (Å²) in [4.78, 5) is 26.6. The fraction of sp³-hybridized carbons (Fsp3) is 0.217. The predicted molar refractivity (Wildman–Crippen MR) is 107 cm³/mol. The van der Waals surface area contributed by atoms with Gasteiger partial charge in [0, 0.05) is 12.2 Å². The summed E-state index contributed by atoms with van der Waals surface area (Å²) in [5.74, 6) is 0.762. The zero-order valence-electron chi connectivity index (χ0n) is 15.7. The number of furan rings is 1. The van der Waals surface area contributed by atoms with Crippen LogP contribution in [0.3, 0.4) is 0 Å². The van der Waals surface area contributed by atoms with Gasteiger partial charge in [0.1, 0.15) is 5.76 Å². The molecule has 5 nitrogen and oxygen atoms in total. The van der Waals surface area contributed by atoms with Gasteiger partial charge in [0.05, 0.1) is 25.1 Å². The average Bonchev–Trinajstić information content (AvgIpc) is 3.35. The third-order valence-electron chi connectivity index (χ3n) is 5.09. The number of nitrogens with zero attached hydrogens (tertiary/aromatic N) is 1. The van der Waals surface area contributed by atoms with E-state index >= 15 is 0 Å². The molecule has 1 N–H and O–H groups in total. The lowest BCUT2D eigenvalue weighted by molar-refractivity contribution is -0.133. The topological polar surface area (TPSA) is 62.6 Å². The van der Waals surface area contributed by atoms with E-state index in [2.05, 4.69) is 5.32 Å². The number of anilines is 1. The van der Waals surface area contributed by atoms with Crippen molar-refractivity contribution in [1.29, 1.82) is 0 Å². The Labute approximate surface area is 164 Å². The van der Waals surface area contributed by atoms with Crippen LogP contribution < -0.4 is 5.32 Å². The molecule has 0 saturated heterocycles. The van der Waals surface area contributed by atoms with Crippen molar-refractivity contribution >= 4 is 17.5 Å². The lowest BCUT2D eigenvalue weighted by Gasteiger charge is -2.28. The summed E-state index contributed by atoms with van der Waals surface area (Å²) in [5.41, 5.74) is 3.74.